The zero-order chi connectivity index (χ0) is 16.7. The van der Waals surface area contributed by atoms with E-state index < -0.39 is 0 Å². The summed E-state index contributed by atoms with van der Waals surface area (Å²) in [4.78, 5) is 23.7. The van der Waals surface area contributed by atoms with Gasteiger partial charge in [0.2, 0.25) is 0 Å². The Balaban J connectivity index is 1.86. The summed E-state index contributed by atoms with van der Waals surface area (Å²) in [6, 6.07) is 6.23. The minimum absolute atomic E-state index is 0.120. The summed E-state index contributed by atoms with van der Waals surface area (Å²) in [5, 5.41) is 8.30. The maximum absolute atomic E-state index is 12.0. The van der Waals surface area contributed by atoms with Crippen LogP contribution in [0.1, 0.15) is 24.2 Å². The summed E-state index contributed by atoms with van der Waals surface area (Å²) in [6.07, 6.45) is -0.120. The average molecular weight is 321 g/mol. The summed E-state index contributed by atoms with van der Waals surface area (Å²) in [5.74, 6) is -0.133. The van der Waals surface area contributed by atoms with Crippen LogP contribution in [0.2, 0.25) is 0 Å². The smallest absolute Gasteiger partial charge is 0.319 e. The maximum Gasteiger partial charge on any atom is 0.319 e. The van der Waals surface area contributed by atoms with Crippen molar-refractivity contribution in [3.8, 4) is 0 Å². The Morgan fingerprint density at radius 2 is 1.96 bits per heavy atom. The van der Waals surface area contributed by atoms with Crippen LogP contribution in [-0.4, -0.2) is 50.4 Å². The van der Waals surface area contributed by atoms with E-state index in [1.54, 1.807) is 24.3 Å². The molecule has 0 unspecified atom stereocenters. The molecule has 23 heavy (non-hydrogen) atoms. The Kier molecular flexibility index (Phi) is 6.37. The van der Waals surface area contributed by atoms with E-state index in [2.05, 4.69) is 16.0 Å². The van der Waals surface area contributed by atoms with E-state index in [4.69, 9.17) is 9.47 Å². The van der Waals surface area contributed by atoms with E-state index in [0.29, 0.717) is 37.6 Å². The molecule has 1 saturated heterocycles. The first-order valence-electron chi connectivity index (χ1n) is 7.79. The van der Waals surface area contributed by atoms with Gasteiger partial charge in [-0.2, -0.15) is 0 Å². The quantitative estimate of drug-likeness (QED) is 0.738. The normalized spacial score (nSPS) is 20.1. The molecule has 2 rings (SSSR count). The fraction of sp³-hybridized carbons (Fsp3) is 0.500. The van der Waals surface area contributed by atoms with Crippen LogP contribution in [0.3, 0.4) is 0 Å². The number of nitrogens with one attached hydrogen (secondary N) is 3. The van der Waals surface area contributed by atoms with Crippen molar-refractivity contribution in [3.05, 3.63) is 29.8 Å². The van der Waals surface area contributed by atoms with Gasteiger partial charge >= 0.3 is 6.03 Å². The molecule has 0 aliphatic carbocycles. The maximum atomic E-state index is 12.0. The Labute approximate surface area is 135 Å². The number of rotatable bonds is 6. The molecule has 1 aliphatic heterocycles. The van der Waals surface area contributed by atoms with Crippen molar-refractivity contribution < 1.29 is 19.1 Å². The van der Waals surface area contributed by atoms with Gasteiger partial charge in [-0.05, 0) is 38.1 Å². The summed E-state index contributed by atoms with van der Waals surface area (Å²) >= 11 is 0. The lowest BCUT2D eigenvalue weighted by atomic mass is 10.2. The van der Waals surface area contributed by atoms with Crippen molar-refractivity contribution in [2.75, 3.05) is 31.7 Å². The van der Waals surface area contributed by atoms with E-state index >= 15 is 0 Å². The van der Waals surface area contributed by atoms with Gasteiger partial charge in [0.1, 0.15) is 6.10 Å². The number of anilines is 1. The Hall–Kier alpha value is -2.12. The van der Waals surface area contributed by atoms with Crippen LogP contribution in [0.4, 0.5) is 10.5 Å². The molecule has 1 aromatic carbocycles. The number of carbonyl (C=O) groups is 2. The van der Waals surface area contributed by atoms with E-state index in [-0.39, 0.29) is 24.1 Å². The van der Waals surface area contributed by atoms with Crippen LogP contribution >= 0.6 is 0 Å². The third-order valence-electron chi connectivity index (χ3n) is 3.47. The van der Waals surface area contributed by atoms with Crippen molar-refractivity contribution in [2.24, 2.45) is 0 Å². The number of benzene rings is 1. The predicted octanol–water partition coefficient (Wildman–Crippen LogP) is 1.36. The van der Waals surface area contributed by atoms with Crippen molar-refractivity contribution in [1.29, 1.82) is 0 Å². The molecule has 1 aromatic rings. The molecule has 0 radical (unpaired) electrons. The first kappa shape index (κ1) is 17.2. The van der Waals surface area contributed by atoms with Gasteiger partial charge in [-0.1, -0.05) is 0 Å². The fourth-order valence-electron chi connectivity index (χ4n) is 2.35. The highest BCUT2D eigenvalue weighted by Crippen LogP contribution is 2.12. The molecular formula is C16H23N3O4. The standard InChI is InChI=1S/C16H23N3O4/c1-3-17-15(20)11-5-7-12(8-6-11)18-16(21)19-13-9-22-10-14(13)23-4-2/h5-8,13-14H,3-4,9-10H2,1-2H3,(H,17,20)(H2,18,19,21)/t13-,14-/m1/s1. The Morgan fingerprint density at radius 1 is 1.22 bits per heavy atom. The first-order valence-corrected chi connectivity index (χ1v) is 7.79. The molecule has 2 atom stereocenters. The minimum Gasteiger partial charge on any atom is -0.376 e. The monoisotopic (exact) mass is 321 g/mol. The SMILES string of the molecule is CCNC(=O)c1ccc(NC(=O)N[C@@H]2COC[C@H]2OCC)cc1. The molecule has 0 saturated carbocycles. The Morgan fingerprint density at radius 3 is 2.61 bits per heavy atom. The van der Waals surface area contributed by atoms with Crippen LogP contribution < -0.4 is 16.0 Å². The molecule has 1 heterocycles. The van der Waals surface area contributed by atoms with Gasteiger partial charge in [-0.25, -0.2) is 4.79 Å². The largest absolute Gasteiger partial charge is 0.376 e. The van der Waals surface area contributed by atoms with Gasteiger partial charge in [-0.3, -0.25) is 4.79 Å². The molecule has 1 fully saturated rings. The second kappa shape index (κ2) is 8.50. The lowest BCUT2D eigenvalue weighted by molar-refractivity contribution is 0.0428. The molecule has 0 spiro atoms. The van der Waals surface area contributed by atoms with Gasteiger partial charge in [0.15, 0.2) is 0 Å². The molecule has 3 N–H and O–H groups in total. The van der Waals surface area contributed by atoms with E-state index in [1.807, 2.05) is 13.8 Å². The summed E-state index contributed by atoms with van der Waals surface area (Å²) in [5.41, 5.74) is 1.17. The molecule has 0 bridgehead atoms. The van der Waals surface area contributed by atoms with Gasteiger partial charge in [0.25, 0.3) is 5.91 Å². The summed E-state index contributed by atoms with van der Waals surface area (Å²) in [6.45, 7) is 5.85. The first-order chi connectivity index (χ1) is 11.1. The second-order valence-electron chi connectivity index (χ2n) is 5.17. The van der Waals surface area contributed by atoms with Crippen LogP contribution in [0.25, 0.3) is 0 Å². The summed E-state index contributed by atoms with van der Waals surface area (Å²) < 4.78 is 10.8. The number of ether oxygens (including phenoxy) is 2. The van der Waals surface area contributed by atoms with E-state index in [0.717, 1.165) is 0 Å². The second-order valence-corrected chi connectivity index (χ2v) is 5.17. The van der Waals surface area contributed by atoms with Gasteiger partial charge in [-0.15, -0.1) is 0 Å². The molecule has 126 valence electrons. The van der Waals surface area contributed by atoms with Crippen LogP contribution in [-0.2, 0) is 9.47 Å². The average Bonchev–Trinajstić information content (AvgIpc) is 2.95. The molecular weight excluding hydrogens is 298 g/mol. The van der Waals surface area contributed by atoms with Crippen molar-refractivity contribution >= 4 is 17.6 Å². The van der Waals surface area contributed by atoms with E-state index in [9.17, 15) is 9.59 Å². The van der Waals surface area contributed by atoms with Gasteiger partial charge in [0.05, 0.1) is 19.3 Å². The van der Waals surface area contributed by atoms with Crippen LogP contribution in [0.15, 0.2) is 24.3 Å². The molecule has 7 nitrogen and oxygen atoms in total. The lowest BCUT2D eigenvalue weighted by Gasteiger charge is -2.19. The number of urea groups is 1. The highest BCUT2D eigenvalue weighted by molar-refractivity contribution is 5.95. The minimum atomic E-state index is -0.323. The lowest BCUT2D eigenvalue weighted by Crippen LogP contribution is -2.45. The third kappa shape index (κ3) is 4.94. The highest BCUT2D eigenvalue weighted by atomic mass is 16.5. The Bertz CT molecular complexity index is 533. The van der Waals surface area contributed by atoms with Crippen molar-refractivity contribution in [2.45, 2.75) is 26.0 Å². The molecule has 3 amide bonds. The van der Waals surface area contributed by atoms with Crippen molar-refractivity contribution in [1.82, 2.24) is 10.6 Å². The van der Waals surface area contributed by atoms with Gasteiger partial charge < -0.3 is 25.4 Å². The fourth-order valence-corrected chi connectivity index (χ4v) is 2.35. The highest BCUT2D eigenvalue weighted by Gasteiger charge is 2.29. The number of hydrogen-bond acceptors (Lipinski definition) is 4. The number of hydrogen-bond donors (Lipinski definition) is 3. The number of carbonyl (C=O) groups excluding carboxylic acids is 2. The van der Waals surface area contributed by atoms with Gasteiger partial charge in [0, 0.05) is 24.4 Å². The summed E-state index contributed by atoms with van der Waals surface area (Å²) in [7, 11) is 0. The topological polar surface area (TPSA) is 88.7 Å². The zero-order valence-electron chi connectivity index (χ0n) is 13.4. The molecule has 1 aliphatic rings. The van der Waals surface area contributed by atoms with Crippen LogP contribution in [0, 0.1) is 0 Å². The zero-order valence-corrected chi connectivity index (χ0v) is 13.4. The molecule has 0 aromatic heterocycles. The predicted molar refractivity (Wildman–Crippen MR) is 86.6 cm³/mol. The molecule has 7 heteroatoms. The number of amides is 3. The van der Waals surface area contributed by atoms with Crippen LogP contribution in [0.5, 0.6) is 0 Å². The van der Waals surface area contributed by atoms with E-state index in [1.165, 1.54) is 0 Å². The van der Waals surface area contributed by atoms with Crippen molar-refractivity contribution in [3.63, 3.8) is 0 Å². The third-order valence-corrected chi connectivity index (χ3v) is 3.47.